The fourth-order valence-electron chi connectivity index (χ4n) is 2.04. The molecule has 1 aromatic carbocycles. The monoisotopic (exact) mass is 253 g/mol. The van der Waals surface area contributed by atoms with E-state index in [0.29, 0.717) is 0 Å². The van der Waals surface area contributed by atoms with Gasteiger partial charge in [-0.25, -0.2) is 0 Å². The fraction of sp³-hybridized carbons (Fsp3) is 0.364. The minimum atomic E-state index is -0.0685. The third kappa shape index (κ3) is 1.27. The molecule has 0 heterocycles. The second kappa shape index (κ2) is 3.09. The summed E-state index contributed by atoms with van der Waals surface area (Å²) in [6, 6.07) is 5.99. The molecule has 0 saturated heterocycles. The van der Waals surface area contributed by atoms with Gasteiger partial charge in [-0.15, -0.1) is 0 Å². The van der Waals surface area contributed by atoms with Crippen LogP contribution in [0.1, 0.15) is 25.0 Å². The first-order valence-corrected chi connectivity index (χ1v) is 5.36. The van der Waals surface area contributed by atoms with Crippen LogP contribution in [0.25, 0.3) is 0 Å². The van der Waals surface area contributed by atoms with Gasteiger partial charge in [-0.2, -0.15) is 0 Å². The van der Waals surface area contributed by atoms with Crippen molar-refractivity contribution in [1.82, 2.24) is 0 Å². The van der Waals surface area contributed by atoms with E-state index in [0.717, 1.165) is 22.2 Å². The van der Waals surface area contributed by atoms with Gasteiger partial charge in [0.25, 0.3) is 0 Å². The van der Waals surface area contributed by atoms with Crippen LogP contribution in [0, 0.1) is 5.41 Å². The van der Waals surface area contributed by atoms with Crippen molar-refractivity contribution >= 4 is 21.6 Å². The van der Waals surface area contributed by atoms with Gasteiger partial charge in [0.2, 0.25) is 0 Å². The lowest BCUT2D eigenvalue weighted by Crippen LogP contribution is -2.20. The molecule has 74 valence electrons. The van der Waals surface area contributed by atoms with Crippen LogP contribution in [0.4, 0.5) is 0 Å². The maximum Gasteiger partial charge on any atom is 0.0930 e. The Morgan fingerprint density at radius 1 is 1.43 bits per heavy atom. The third-order valence-corrected chi connectivity index (χ3v) is 3.48. The molecule has 0 aliphatic heterocycles. The SMILES string of the molecule is CC1(C)Cc2c(Br)cccc2/C1=N\O. The topological polar surface area (TPSA) is 32.6 Å². The average Bonchev–Trinajstić information content (AvgIpc) is 2.37. The van der Waals surface area contributed by atoms with E-state index in [1.54, 1.807) is 0 Å². The molecule has 0 saturated carbocycles. The van der Waals surface area contributed by atoms with Gasteiger partial charge in [-0.1, -0.05) is 47.1 Å². The molecule has 2 nitrogen and oxygen atoms in total. The number of hydrogen-bond donors (Lipinski definition) is 1. The summed E-state index contributed by atoms with van der Waals surface area (Å²) in [6.07, 6.45) is 0.920. The molecule has 2 rings (SSSR count). The first-order chi connectivity index (χ1) is 6.56. The van der Waals surface area contributed by atoms with Gasteiger partial charge in [0, 0.05) is 15.5 Å². The largest absolute Gasteiger partial charge is 0.411 e. The molecule has 1 N–H and O–H groups in total. The van der Waals surface area contributed by atoms with Crippen molar-refractivity contribution in [1.29, 1.82) is 0 Å². The van der Waals surface area contributed by atoms with Crippen LogP contribution in [0.5, 0.6) is 0 Å². The molecule has 3 heteroatoms. The van der Waals surface area contributed by atoms with Crippen molar-refractivity contribution in [2.75, 3.05) is 0 Å². The van der Waals surface area contributed by atoms with Crippen LogP contribution >= 0.6 is 15.9 Å². The highest BCUT2D eigenvalue weighted by Gasteiger charge is 2.36. The lowest BCUT2D eigenvalue weighted by molar-refractivity contribution is 0.311. The Morgan fingerprint density at radius 3 is 2.79 bits per heavy atom. The van der Waals surface area contributed by atoms with Crippen LogP contribution < -0.4 is 0 Å². The predicted molar refractivity (Wildman–Crippen MR) is 60.0 cm³/mol. The summed E-state index contributed by atoms with van der Waals surface area (Å²) < 4.78 is 1.10. The van der Waals surface area contributed by atoms with Crippen molar-refractivity contribution in [3.8, 4) is 0 Å². The van der Waals surface area contributed by atoms with Crippen LogP contribution in [0.15, 0.2) is 27.8 Å². The molecule has 0 fully saturated rings. The fourth-order valence-corrected chi connectivity index (χ4v) is 2.55. The lowest BCUT2D eigenvalue weighted by atomic mass is 9.88. The van der Waals surface area contributed by atoms with Gasteiger partial charge in [0.1, 0.15) is 0 Å². The Kier molecular flexibility index (Phi) is 2.14. The number of hydrogen-bond acceptors (Lipinski definition) is 2. The standard InChI is InChI=1S/C11H12BrNO/c1-11(2)6-8-7(10(11)13-14)4-3-5-9(8)12/h3-5,14H,6H2,1-2H3/b13-10+. The Bertz CT molecular complexity index is 410. The minimum absolute atomic E-state index is 0.0685. The molecule has 0 radical (unpaired) electrons. The number of nitrogens with zero attached hydrogens (tertiary/aromatic N) is 1. The first kappa shape index (κ1) is 9.71. The van der Waals surface area contributed by atoms with Gasteiger partial charge < -0.3 is 5.21 Å². The molecule has 1 aliphatic carbocycles. The zero-order valence-corrected chi connectivity index (χ0v) is 9.80. The molecule has 1 aliphatic rings. The van der Waals surface area contributed by atoms with E-state index in [-0.39, 0.29) is 5.41 Å². The summed E-state index contributed by atoms with van der Waals surface area (Å²) in [5.74, 6) is 0. The molecule has 0 aromatic heterocycles. The van der Waals surface area contributed by atoms with E-state index in [1.165, 1.54) is 5.56 Å². The Hall–Kier alpha value is -0.830. The zero-order valence-electron chi connectivity index (χ0n) is 8.21. The highest BCUT2D eigenvalue weighted by atomic mass is 79.9. The number of rotatable bonds is 0. The first-order valence-electron chi connectivity index (χ1n) is 4.56. The molecule has 0 unspecified atom stereocenters. The number of benzene rings is 1. The smallest absolute Gasteiger partial charge is 0.0930 e. The second-order valence-corrected chi connectivity index (χ2v) is 5.13. The van der Waals surface area contributed by atoms with Crippen LogP contribution in [0.2, 0.25) is 0 Å². The van der Waals surface area contributed by atoms with E-state index >= 15 is 0 Å². The summed E-state index contributed by atoms with van der Waals surface area (Å²) >= 11 is 3.52. The number of fused-ring (bicyclic) bond motifs is 1. The Morgan fingerprint density at radius 2 is 2.14 bits per heavy atom. The molecule has 1 aromatic rings. The van der Waals surface area contributed by atoms with Gasteiger partial charge in [0.15, 0.2) is 0 Å². The highest BCUT2D eigenvalue weighted by Crippen LogP contribution is 2.39. The molecule has 0 spiro atoms. The van der Waals surface area contributed by atoms with Gasteiger partial charge in [-0.05, 0) is 18.1 Å². The summed E-state index contributed by atoms with van der Waals surface area (Å²) in [4.78, 5) is 0. The quantitative estimate of drug-likeness (QED) is 0.559. The molecule has 0 amide bonds. The molecule has 14 heavy (non-hydrogen) atoms. The second-order valence-electron chi connectivity index (χ2n) is 4.28. The van der Waals surface area contributed by atoms with E-state index in [9.17, 15) is 0 Å². The Labute approximate surface area is 91.8 Å². The predicted octanol–water partition coefficient (Wildman–Crippen LogP) is 3.21. The molecule has 0 atom stereocenters. The number of oxime groups is 1. The van der Waals surface area contributed by atoms with Crippen molar-refractivity contribution in [2.24, 2.45) is 10.6 Å². The van der Waals surface area contributed by atoms with E-state index < -0.39 is 0 Å². The van der Waals surface area contributed by atoms with Crippen LogP contribution in [0.3, 0.4) is 0 Å². The molecule has 0 bridgehead atoms. The zero-order chi connectivity index (χ0) is 10.3. The molecular weight excluding hydrogens is 242 g/mol. The minimum Gasteiger partial charge on any atom is -0.411 e. The van der Waals surface area contributed by atoms with E-state index in [4.69, 9.17) is 5.21 Å². The maximum absolute atomic E-state index is 9.01. The summed E-state index contributed by atoms with van der Waals surface area (Å²) in [5, 5.41) is 12.4. The third-order valence-electron chi connectivity index (χ3n) is 2.73. The average molecular weight is 254 g/mol. The maximum atomic E-state index is 9.01. The summed E-state index contributed by atoms with van der Waals surface area (Å²) in [6.45, 7) is 4.18. The summed E-state index contributed by atoms with van der Waals surface area (Å²) in [5.41, 5.74) is 3.02. The van der Waals surface area contributed by atoms with E-state index in [2.05, 4.69) is 34.9 Å². The van der Waals surface area contributed by atoms with Crippen molar-refractivity contribution in [2.45, 2.75) is 20.3 Å². The molecular formula is C11H12BrNO. The van der Waals surface area contributed by atoms with Crippen molar-refractivity contribution in [3.05, 3.63) is 33.8 Å². The van der Waals surface area contributed by atoms with Gasteiger partial charge in [0.05, 0.1) is 5.71 Å². The Balaban J connectivity index is 2.65. The van der Waals surface area contributed by atoms with Crippen LogP contribution in [-0.4, -0.2) is 10.9 Å². The lowest BCUT2D eigenvalue weighted by Gasteiger charge is -2.16. The van der Waals surface area contributed by atoms with Crippen molar-refractivity contribution < 1.29 is 5.21 Å². The highest BCUT2D eigenvalue weighted by molar-refractivity contribution is 9.10. The van der Waals surface area contributed by atoms with Crippen molar-refractivity contribution in [3.63, 3.8) is 0 Å². The van der Waals surface area contributed by atoms with Crippen LogP contribution in [-0.2, 0) is 6.42 Å². The summed E-state index contributed by atoms with van der Waals surface area (Å²) in [7, 11) is 0. The number of halogens is 1. The van der Waals surface area contributed by atoms with Gasteiger partial charge in [-0.3, -0.25) is 0 Å². The normalized spacial score (nSPS) is 21.2. The van der Waals surface area contributed by atoms with Gasteiger partial charge >= 0.3 is 0 Å². The van der Waals surface area contributed by atoms with E-state index in [1.807, 2.05) is 18.2 Å².